The second-order valence-electron chi connectivity index (χ2n) is 9.73. The number of alkyl halides is 2. The van der Waals surface area contributed by atoms with Gasteiger partial charge in [0.15, 0.2) is 0 Å². The van der Waals surface area contributed by atoms with E-state index in [-0.39, 0.29) is 28.5 Å². The normalized spacial score (nSPS) is 18.4. The largest absolute Gasteiger partial charge is 0.481 e. The number of aliphatic carboxylic acids is 1. The van der Waals surface area contributed by atoms with Crippen LogP contribution in [0, 0.1) is 12.8 Å². The van der Waals surface area contributed by atoms with E-state index in [0.717, 1.165) is 23.6 Å². The lowest BCUT2D eigenvalue weighted by Gasteiger charge is -2.27. The van der Waals surface area contributed by atoms with Crippen molar-refractivity contribution in [3.8, 4) is 0 Å². The zero-order chi connectivity index (χ0) is 26.4. The fourth-order valence-electron chi connectivity index (χ4n) is 4.95. The summed E-state index contributed by atoms with van der Waals surface area (Å²) >= 11 is 13.2. The molecule has 4 rings (SSSR count). The number of nitrogens with zero attached hydrogens (tertiary/aromatic N) is 1. The van der Waals surface area contributed by atoms with Gasteiger partial charge < -0.3 is 15.0 Å². The molecule has 0 bridgehead atoms. The number of hydrogen-bond donors (Lipinski definition) is 2. The number of amides is 1. The van der Waals surface area contributed by atoms with E-state index in [0.29, 0.717) is 53.8 Å². The number of aryl methyl sites for hydroxylation is 2. The van der Waals surface area contributed by atoms with Gasteiger partial charge in [0, 0.05) is 53.6 Å². The maximum Gasteiger partial charge on any atom is 0.306 e. The molecule has 0 spiro atoms. The molecule has 0 unspecified atom stereocenters. The molecule has 1 aromatic heterocycles. The average Bonchev–Trinajstić information content (AvgIpc) is 3.12. The van der Waals surface area contributed by atoms with E-state index in [1.807, 2.05) is 10.6 Å². The Morgan fingerprint density at radius 1 is 1.14 bits per heavy atom. The molecule has 1 amide bonds. The summed E-state index contributed by atoms with van der Waals surface area (Å²) in [7, 11) is 1.81. The van der Waals surface area contributed by atoms with E-state index >= 15 is 0 Å². The topological polar surface area (TPSA) is 71.3 Å². The van der Waals surface area contributed by atoms with Crippen molar-refractivity contribution < 1.29 is 23.5 Å². The minimum absolute atomic E-state index is 0.0487. The van der Waals surface area contributed by atoms with Gasteiger partial charge in [0.25, 0.3) is 11.8 Å². The van der Waals surface area contributed by atoms with Crippen molar-refractivity contribution in [2.75, 3.05) is 0 Å². The van der Waals surface area contributed by atoms with Crippen molar-refractivity contribution in [2.45, 2.75) is 57.9 Å². The molecule has 3 aromatic rings. The van der Waals surface area contributed by atoms with Gasteiger partial charge >= 0.3 is 5.97 Å². The highest BCUT2D eigenvalue weighted by Crippen LogP contribution is 2.35. The Kier molecular flexibility index (Phi) is 7.35. The fourth-order valence-corrected chi connectivity index (χ4v) is 5.54. The van der Waals surface area contributed by atoms with Crippen LogP contribution < -0.4 is 5.32 Å². The van der Waals surface area contributed by atoms with Crippen LogP contribution in [0.5, 0.6) is 0 Å². The molecule has 2 N–H and O–H groups in total. The Balaban J connectivity index is 1.60. The van der Waals surface area contributed by atoms with Crippen molar-refractivity contribution >= 4 is 46.0 Å². The first kappa shape index (κ1) is 26.4. The van der Waals surface area contributed by atoms with Crippen molar-refractivity contribution in [1.29, 1.82) is 0 Å². The molecule has 1 aliphatic rings. The molecule has 1 fully saturated rings. The third kappa shape index (κ3) is 5.23. The van der Waals surface area contributed by atoms with Crippen LogP contribution in [0.25, 0.3) is 10.9 Å². The molecular weight excluding hydrogens is 509 g/mol. The first-order valence-corrected chi connectivity index (χ1v) is 12.6. The molecule has 0 atom stereocenters. The number of nitrogens with one attached hydrogen (secondary N) is 1. The van der Waals surface area contributed by atoms with Gasteiger partial charge in [-0.3, -0.25) is 9.59 Å². The molecule has 2 aromatic carbocycles. The number of halogens is 4. The molecule has 5 nitrogen and oxygen atoms in total. The van der Waals surface area contributed by atoms with E-state index in [1.165, 1.54) is 12.1 Å². The zero-order valence-corrected chi connectivity index (χ0v) is 21.8. The van der Waals surface area contributed by atoms with E-state index < -0.39 is 11.9 Å². The molecule has 0 radical (unpaired) electrons. The molecule has 36 heavy (non-hydrogen) atoms. The minimum Gasteiger partial charge on any atom is -0.481 e. The lowest BCUT2D eigenvalue weighted by Crippen LogP contribution is -2.38. The van der Waals surface area contributed by atoms with E-state index in [1.54, 1.807) is 26.1 Å². The number of carboxylic acid groups (broad SMARTS) is 1. The monoisotopic (exact) mass is 536 g/mol. The zero-order valence-electron chi connectivity index (χ0n) is 20.3. The Labute approximate surface area is 218 Å². The van der Waals surface area contributed by atoms with Gasteiger partial charge in [-0.1, -0.05) is 23.2 Å². The number of carbonyl (C=O) groups is 2. The summed E-state index contributed by atoms with van der Waals surface area (Å²) in [6, 6.07) is 8.02. The molecule has 0 saturated heterocycles. The van der Waals surface area contributed by atoms with Crippen LogP contribution in [0.2, 0.25) is 10.0 Å². The first-order valence-electron chi connectivity index (χ1n) is 11.8. The van der Waals surface area contributed by atoms with Crippen molar-refractivity contribution in [2.24, 2.45) is 13.0 Å². The van der Waals surface area contributed by atoms with Crippen molar-refractivity contribution in [3.05, 3.63) is 68.3 Å². The van der Waals surface area contributed by atoms with Crippen molar-refractivity contribution in [3.63, 3.8) is 0 Å². The maximum atomic E-state index is 14.0. The quantitative estimate of drug-likeness (QED) is 0.361. The molecule has 9 heteroatoms. The summed E-state index contributed by atoms with van der Waals surface area (Å²) in [4.78, 5) is 24.2. The third-order valence-electron chi connectivity index (χ3n) is 7.18. The molecule has 0 aliphatic heterocycles. The SMILES string of the molecule is Cc1cc(C(C)(F)F)cc2c1cc(Cc1c(Cl)ccc(C(=O)N[C@H]3CC[C@@H](C(=O)O)CC3)c1Cl)n2C. The van der Waals surface area contributed by atoms with Crippen LogP contribution in [0.15, 0.2) is 30.3 Å². The summed E-state index contributed by atoms with van der Waals surface area (Å²) in [6.07, 6.45) is 2.53. The van der Waals surface area contributed by atoms with Gasteiger partial charge in [0.05, 0.1) is 16.5 Å². The number of benzene rings is 2. The highest BCUT2D eigenvalue weighted by atomic mass is 35.5. The summed E-state index contributed by atoms with van der Waals surface area (Å²) < 4.78 is 29.8. The Morgan fingerprint density at radius 2 is 1.81 bits per heavy atom. The standard InChI is InChI=1S/C27H28Cl2F2N2O3/c1-14-10-16(27(2,30)31)11-23-20(14)12-18(33(23)3)13-21-22(28)9-8-19(24(21)29)25(34)32-17-6-4-15(5-7-17)26(35)36/h8-12,15,17H,4-7,13H2,1-3H3,(H,32,34)(H,35,36)/t15-,17+. The summed E-state index contributed by atoms with van der Waals surface area (Å²) in [6.45, 7) is 2.68. The third-order valence-corrected chi connectivity index (χ3v) is 7.96. The van der Waals surface area contributed by atoms with Gasteiger partial charge in [-0.05, 0) is 74.1 Å². The predicted octanol–water partition coefficient (Wildman–Crippen LogP) is 6.87. The molecule has 1 aliphatic carbocycles. The number of rotatable bonds is 6. The van der Waals surface area contributed by atoms with E-state index in [4.69, 9.17) is 23.2 Å². The number of carbonyl (C=O) groups excluding carboxylic acids is 1. The molecule has 1 heterocycles. The lowest BCUT2D eigenvalue weighted by molar-refractivity contribution is -0.142. The molecule has 1 saturated carbocycles. The van der Waals surface area contributed by atoms with E-state index in [9.17, 15) is 23.5 Å². The van der Waals surface area contributed by atoms with Crippen LogP contribution >= 0.6 is 23.2 Å². The van der Waals surface area contributed by atoms with Crippen LogP contribution in [0.4, 0.5) is 8.78 Å². The number of aromatic nitrogens is 1. The minimum atomic E-state index is -2.95. The molecule has 192 valence electrons. The van der Waals surface area contributed by atoms with Crippen LogP contribution in [0.1, 0.15) is 65.3 Å². The summed E-state index contributed by atoms with van der Waals surface area (Å²) in [5.41, 5.74) is 3.06. The second-order valence-corrected chi connectivity index (χ2v) is 10.5. The van der Waals surface area contributed by atoms with Gasteiger partial charge in [0.2, 0.25) is 0 Å². The van der Waals surface area contributed by atoms with Gasteiger partial charge in [0.1, 0.15) is 0 Å². The second kappa shape index (κ2) is 10.0. The van der Waals surface area contributed by atoms with Gasteiger partial charge in [-0.25, -0.2) is 8.78 Å². The smallest absolute Gasteiger partial charge is 0.306 e. The van der Waals surface area contributed by atoms with Crippen LogP contribution in [-0.4, -0.2) is 27.6 Å². The summed E-state index contributed by atoms with van der Waals surface area (Å²) in [5.74, 6) is -4.45. The van der Waals surface area contributed by atoms with Gasteiger partial charge in [-0.15, -0.1) is 0 Å². The summed E-state index contributed by atoms with van der Waals surface area (Å²) in [5, 5.41) is 13.6. The maximum absolute atomic E-state index is 14.0. The number of fused-ring (bicyclic) bond motifs is 1. The Morgan fingerprint density at radius 3 is 2.42 bits per heavy atom. The number of hydrogen-bond acceptors (Lipinski definition) is 2. The lowest BCUT2D eigenvalue weighted by atomic mass is 9.86. The highest BCUT2D eigenvalue weighted by Gasteiger charge is 2.28. The molecular formula is C27H28Cl2F2N2O3. The van der Waals surface area contributed by atoms with Crippen molar-refractivity contribution in [1.82, 2.24) is 9.88 Å². The predicted molar refractivity (Wildman–Crippen MR) is 137 cm³/mol. The van der Waals surface area contributed by atoms with Gasteiger partial charge in [-0.2, -0.15) is 0 Å². The highest BCUT2D eigenvalue weighted by molar-refractivity contribution is 6.38. The first-order chi connectivity index (χ1) is 16.9. The Hall–Kier alpha value is -2.64. The average molecular weight is 537 g/mol. The van der Waals surface area contributed by atoms with Crippen LogP contribution in [-0.2, 0) is 24.2 Å². The van der Waals surface area contributed by atoms with Crippen LogP contribution in [0.3, 0.4) is 0 Å². The fraction of sp³-hybridized carbons (Fsp3) is 0.407. The Bertz CT molecular complexity index is 1340. The number of carboxylic acids is 1. The van der Waals surface area contributed by atoms with E-state index in [2.05, 4.69) is 5.32 Å².